The SMILES string of the molecule is CC1(C2=CC=C[N]2)CCC1. The lowest BCUT2D eigenvalue weighted by Crippen LogP contribution is -2.29. The summed E-state index contributed by atoms with van der Waals surface area (Å²) in [5, 5.41) is 4.31. The molecule has 1 radical (unpaired) electrons. The fraction of sp³-hybridized carbons (Fsp3) is 0.556. The molecule has 0 atom stereocenters. The van der Waals surface area contributed by atoms with Crippen molar-refractivity contribution in [1.82, 2.24) is 5.32 Å². The van der Waals surface area contributed by atoms with Gasteiger partial charge in [0.15, 0.2) is 0 Å². The van der Waals surface area contributed by atoms with E-state index in [1.165, 1.54) is 25.0 Å². The van der Waals surface area contributed by atoms with Gasteiger partial charge in [0.05, 0.1) is 0 Å². The van der Waals surface area contributed by atoms with Crippen LogP contribution in [0.5, 0.6) is 0 Å². The first-order valence-electron chi connectivity index (χ1n) is 3.89. The topological polar surface area (TPSA) is 14.1 Å². The molecular formula is C9H12N. The third-order valence-corrected chi connectivity index (χ3v) is 2.63. The maximum atomic E-state index is 4.31. The smallest absolute Gasteiger partial charge is 0.0463 e. The van der Waals surface area contributed by atoms with Crippen LogP contribution in [-0.2, 0) is 0 Å². The molecule has 2 aliphatic rings. The van der Waals surface area contributed by atoms with Gasteiger partial charge in [-0.15, -0.1) is 0 Å². The lowest BCUT2D eigenvalue weighted by Gasteiger charge is -2.38. The third-order valence-electron chi connectivity index (χ3n) is 2.63. The van der Waals surface area contributed by atoms with Gasteiger partial charge >= 0.3 is 0 Å². The monoisotopic (exact) mass is 134 g/mol. The summed E-state index contributed by atoms with van der Waals surface area (Å²) >= 11 is 0. The summed E-state index contributed by atoms with van der Waals surface area (Å²) in [5.41, 5.74) is 1.72. The Kier molecular flexibility index (Phi) is 1.13. The van der Waals surface area contributed by atoms with Crippen LogP contribution >= 0.6 is 0 Å². The molecule has 1 fully saturated rings. The Bertz CT molecular complexity index is 197. The zero-order chi connectivity index (χ0) is 7.03. The van der Waals surface area contributed by atoms with Crippen LogP contribution in [0, 0.1) is 5.41 Å². The normalized spacial score (nSPS) is 27.1. The minimum atomic E-state index is 0.434. The maximum absolute atomic E-state index is 4.31. The maximum Gasteiger partial charge on any atom is 0.0463 e. The van der Waals surface area contributed by atoms with Crippen molar-refractivity contribution in [3.63, 3.8) is 0 Å². The third kappa shape index (κ3) is 0.698. The number of hydrogen-bond donors (Lipinski definition) is 0. The fourth-order valence-corrected chi connectivity index (χ4v) is 1.62. The van der Waals surface area contributed by atoms with Gasteiger partial charge in [-0.05, 0) is 25.0 Å². The van der Waals surface area contributed by atoms with Crippen LogP contribution in [0.4, 0.5) is 0 Å². The summed E-state index contributed by atoms with van der Waals surface area (Å²) < 4.78 is 0. The first kappa shape index (κ1) is 6.02. The van der Waals surface area contributed by atoms with Crippen LogP contribution in [0.25, 0.3) is 0 Å². The fourth-order valence-electron chi connectivity index (χ4n) is 1.62. The van der Waals surface area contributed by atoms with Crippen molar-refractivity contribution in [2.45, 2.75) is 26.2 Å². The molecule has 0 spiro atoms. The average molecular weight is 134 g/mol. The number of rotatable bonds is 1. The zero-order valence-electron chi connectivity index (χ0n) is 6.30. The molecule has 0 aromatic rings. The Morgan fingerprint density at radius 3 is 2.70 bits per heavy atom. The zero-order valence-corrected chi connectivity index (χ0v) is 6.30. The van der Waals surface area contributed by atoms with Crippen molar-refractivity contribution in [3.05, 3.63) is 24.0 Å². The molecule has 2 rings (SSSR count). The molecule has 0 aromatic heterocycles. The van der Waals surface area contributed by atoms with Crippen molar-refractivity contribution in [2.24, 2.45) is 5.41 Å². The minimum Gasteiger partial charge on any atom is -0.261 e. The first-order chi connectivity index (χ1) is 4.81. The Labute approximate surface area is 61.8 Å². The van der Waals surface area contributed by atoms with E-state index in [1.807, 2.05) is 12.3 Å². The number of nitrogens with zero attached hydrogens (tertiary/aromatic N) is 1. The quantitative estimate of drug-likeness (QED) is 0.522. The van der Waals surface area contributed by atoms with Crippen LogP contribution in [0.15, 0.2) is 24.0 Å². The molecule has 0 bridgehead atoms. The molecule has 0 saturated heterocycles. The van der Waals surface area contributed by atoms with Crippen LogP contribution < -0.4 is 5.32 Å². The summed E-state index contributed by atoms with van der Waals surface area (Å²) in [7, 11) is 0. The van der Waals surface area contributed by atoms with E-state index in [-0.39, 0.29) is 0 Å². The second-order valence-electron chi connectivity index (χ2n) is 3.44. The van der Waals surface area contributed by atoms with Crippen molar-refractivity contribution < 1.29 is 0 Å². The Balaban J connectivity index is 2.11. The summed E-state index contributed by atoms with van der Waals surface area (Å²) in [4.78, 5) is 0. The summed E-state index contributed by atoms with van der Waals surface area (Å²) in [6.45, 7) is 2.30. The van der Waals surface area contributed by atoms with E-state index < -0.39 is 0 Å². The molecule has 0 amide bonds. The molecule has 0 N–H and O–H groups in total. The largest absolute Gasteiger partial charge is 0.261 e. The molecule has 1 aliphatic heterocycles. The highest BCUT2D eigenvalue weighted by molar-refractivity contribution is 5.26. The summed E-state index contributed by atoms with van der Waals surface area (Å²) in [6.07, 6.45) is 10.1. The van der Waals surface area contributed by atoms with Crippen molar-refractivity contribution in [3.8, 4) is 0 Å². The van der Waals surface area contributed by atoms with Gasteiger partial charge in [-0.1, -0.05) is 13.3 Å². The second-order valence-corrected chi connectivity index (χ2v) is 3.44. The van der Waals surface area contributed by atoms with Crippen LogP contribution in [0.3, 0.4) is 0 Å². The predicted octanol–water partition coefficient (Wildman–Crippen LogP) is 2.19. The van der Waals surface area contributed by atoms with E-state index in [2.05, 4.69) is 18.3 Å². The van der Waals surface area contributed by atoms with Crippen molar-refractivity contribution in [2.75, 3.05) is 0 Å². The van der Waals surface area contributed by atoms with Gasteiger partial charge in [0.2, 0.25) is 0 Å². The van der Waals surface area contributed by atoms with Gasteiger partial charge < -0.3 is 0 Å². The highest BCUT2D eigenvalue weighted by atomic mass is 14.9. The van der Waals surface area contributed by atoms with Crippen molar-refractivity contribution >= 4 is 0 Å². The summed E-state index contributed by atoms with van der Waals surface area (Å²) in [5.74, 6) is 0. The Morgan fingerprint density at radius 2 is 2.30 bits per heavy atom. The molecule has 0 unspecified atom stereocenters. The summed E-state index contributed by atoms with van der Waals surface area (Å²) in [6, 6.07) is 0. The Morgan fingerprint density at radius 1 is 1.50 bits per heavy atom. The van der Waals surface area contributed by atoms with Crippen LogP contribution in [0.1, 0.15) is 26.2 Å². The minimum absolute atomic E-state index is 0.434. The molecule has 53 valence electrons. The molecular weight excluding hydrogens is 122 g/mol. The van der Waals surface area contributed by atoms with Gasteiger partial charge in [-0.2, -0.15) is 0 Å². The number of allylic oxidation sites excluding steroid dienone is 3. The average Bonchev–Trinajstić information content (AvgIpc) is 2.33. The second kappa shape index (κ2) is 1.88. The highest BCUT2D eigenvalue weighted by Crippen LogP contribution is 2.46. The van der Waals surface area contributed by atoms with E-state index in [9.17, 15) is 0 Å². The lowest BCUT2D eigenvalue weighted by atomic mass is 9.68. The molecule has 10 heavy (non-hydrogen) atoms. The van der Waals surface area contributed by atoms with E-state index >= 15 is 0 Å². The van der Waals surface area contributed by atoms with Gasteiger partial charge in [0.25, 0.3) is 0 Å². The van der Waals surface area contributed by atoms with Crippen LogP contribution in [0.2, 0.25) is 0 Å². The van der Waals surface area contributed by atoms with Gasteiger partial charge in [-0.25, -0.2) is 0 Å². The predicted molar refractivity (Wildman–Crippen MR) is 41.3 cm³/mol. The van der Waals surface area contributed by atoms with E-state index in [4.69, 9.17) is 0 Å². The van der Waals surface area contributed by atoms with Gasteiger partial charge in [-0.3, -0.25) is 5.32 Å². The molecule has 1 aliphatic carbocycles. The van der Waals surface area contributed by atoms with Crippen molar-refractivity contribution in [1.29, 1.82) is 0 Å². The Hall–Kier alpha value is -0.720. The first-order valence-corrected chi connectivity index (χ1v) is 3.89. The molecule has 1 heteroatoms. The number of hydrogen-bond acceptors (Lipinski definition) is 0. The molecule has 0 aromatic carbocycles. The van der Waals surface area contributed by atoms with E-state index in [0.717, 1.165) is 0 Å². The standard InChI is InChI=1S/C9H12N/c1-9(5-3-6-9)8-4-2-7-10-8/h2,4,7H,3,5-6H2,1H3. The van der Waals surface area contributed by atoms with Gasteiger partial charge in [0, 0.05) is 17.3 Å². The van der Waals surface area contributed by atoms with E-state index in [0.29, 0.717) is 5.41 Å². The van der Waals surface area contributed by atoms with Crippen LogP contribution in [-0.4, -0.2) is 0 Å². The van der Waals surface area contributed by atoms with Gasteiger partial charge in [0.1, 0.15) is 0 Å². The lowest BCUT2D eigenvalue weighted by molar-refractivity contribution is 0.206. The highest BCUT2D eigenvalue weighted by Gasteiger charge is 2.36. The molecule has 1 heterocycles. The molecule has 1 saturated carbocycles. The molecule has 1 nitrogen and oxygen atoms in total. The van der Waals surface area contributed by atoms with E-state index in [1.54, 1.807) is 0 Å².